The van der Waals surface area contributed by atoms with Crippen molar-refractivity contribution in [2.75, 3.05) is 56.1 Å². The molecule has 0 spiro atoms. The van der Waals surface area contributed by atoms with Gasteiger partial charge in [0.1, 0.15) is 11.6 Å². The molecule has 1 aromatic carbocycles. The maximum absolute atomic E-state index is 14.8. The molecular formula is C19H26FN5. The molecule has 2 aliphatic heterocycles. The van der Waals surface area contributed by atoms with Crippen LogP contribution in [0.3, 0.4) is 0 Å². The van der Waals surface area contributed by atoms with E-state index in [9.17, 15) is 4.39 Å². The van der Waals surface area contributed by atoms with Crippen LogP contribution in [-0.4, -0.2) is 62.2 Å². The van der Waals surface area contributed by atoms with Crippen LogP contribution in [0.4, 0.5) is 15.9 Å². The zero-order valence-electron chi connectivity index (χ0n) is 14.8. The van der Waals surface area contributed by atoms with Gasteiger partial charge in [0.05, 0.1) is 11.9 Å². The fraction of sp³-hybridized carbons (Fsp3) is 0.526. The number of rotatable bonds is 2. The first-order chi connectivity index (χ1) is 12.1. The normalized spacial score (nSPS) is 20.4. The molecule has 0 atom stereocenters. The third-order valence-electron chi connectivity index (χ3n) is 5.50. The minimum atomic E-state index is -0.167. The molecule has 2 aromatic rings. The van der Waals surface area contributed by atoms with E-state index in [0.717, 1.165) is 69.0 Å². The van der Waals surface area contributed by atoms with Crippen LogP contribution >= 0.6 is 0 Å². The summed E-state index contributed by atoms with van der Waals surface area (Å²) in [6.45, 7) is 5.58. The van der Waals surface area contributed by atoms with Crippen LogP contribution in [0.2, 0.25) is 0 Å². The Morgan fingerprint density at radius 1 is 1.04 bits per heavy atom. The molecule has 0 amide bonds. The smallest absolute Gasteiger partial charge is 0.136 e. The Bertz CT molecular complexity index is 749. The number of likely N-dealkylation sites (N-methyl/N-ethyl adjacent to an activating group) is 1. The number of hydrogen-bond acceptors (Lipinski definition) is 5. The summed E-state index contributed by atoms with van der Waals surface area (Å²) >= 11 is 0. The lowest BCUT2D eigenvalue weighted by atomic mass is 10.0. The summed E-state index contributed by atoms with van der Waals surface area (Å²) in [5, 5.41) is 1.61. The molecule has 3 heterocycles. The van der Waals surface area contributed by atoms with Crippen molar-refractivity contribution in [2.45, 2.75) is 18.9 Å². The summed E-state index contributed by atoms with van der Waals surface area (Å²) in [6, 6.07) is 5.59. The van der Waals surface area contributed by atoms with Gasteiger partial charge in [0.2, 0.25) is 0 Å². The van der Waals surface area contributed by atoms with Crippen molar-refractivity contribution in [2.24, 2.45) is 5.73 Å². The number of piperidine rings is 1. The predicted molar refractivity (Wildman–Crippen MR) is 101 cm³/mol. The van der Waals surface area contributed by atoms with Gasteiger partial charge in [-0.25, -0.2) is 9.37 Å². The number of fused-ring (bicyclic) bond motifs is 1. The topological polar surface area (TPSA) is 48.6 Å². The third kappa shape index (κ3) is 3.16. The van der Waals surface area contributed by atoms with Gasteiger partial charge in [-0.3, -0.25) is 0 Å². The third-order valence-corrected chi connectivity index (χ3v) is 5.50. The number of hydrogen-bond donors (Lipinski definition) is 1. The highest BCUT2D eigenvalue weighted by molar-refractivity contribution is 6.01. The molecule has 4 rings (SSSR count). The van der Waals surface area contributed by atoms with Gasteiger partial charge in [-0.1, -0.05) is 12.1 Å². The first-order valence-corrected chi connectivity index (χ1v) is 9.15. The van der Waals surface area contributed by atoms with Crippen molar-refractivity contribution in [3.05, 3.63) is 30.2 Å². The van der Waals surface area contributed by atoms with Gasteiger partial charge >= 0.3 is 0 Å². The minimum absolute atomic E-state index is 0.167. The average Bonchev–Trinajstić information content (AvgIpc) is 2.63. The summed E-state index contributed by atoms with van der Waals surface area (Å²) in [5.74, 6) is 0.736. The van der Waals surface area contributed by atoms with Gasteiger partial charge in [0.25, 0.3) is 0 Å². The molecule has 0 aliphatic carbocycles. The second-order valence-corrected chi connectivity index (χ2v) is 7.24. The highest BCUT2D eigenvalue weighted by Crippen LogP contribution is 2.35. The number of nitrogens with two attached hydrogens (primary N) is 1. The molecular weight excluding hydrogens is 317 g/mol. The van der Waals surface area contributed by atoms with Gasteiger partial charge in [-0.2, -0.15) is 0 Å². The number of piperazine rings is 1. The molecule has 0 bridgehead atoms. The number of pyridine rings is 1. The zero-order chi connectivity index (χ0) is 17.4. The van der Waals surface area contributed by atoms with E-state index < -0.39 is 0 Å². The molecule has 25 heavy (non-hydrogen) atoms. The highest BCUT2D eigenvalue weighted by Gasteiger charge is 2.23. The van der Waals surface area contributed by atoms with Gasteiger partial charge in [-0.15, -0.1) is 0 Å². The van der Waals surface area contributed by atoms with Crippen molar-refractivity contribution in [1.29, 1.82) is 0 Å². The summed E-state index contributed by atoms with van der Waals surface area (Å²) in [5.41, 5.74) is 6.92. The zero-order valence-corrected chi connectivity index (χ0v) is 14.8. The monoisotopic (exact) mass is 343 g/mol. The molecule has 1 aromatic heterocycles. The van der Waals surface area contributed by atoms with Gasteiger partial charge in [0.15, 0.2) is 0 Å². The van der Waals surface area contributed by atoms with E-state index in [-0.39, 0.29) is 11.9 Å². The molecule has 0 unspecified atom stereocenters. The summed E-state index contributed by atoms with van der Waals surface area (Å²) in [6.07, 6.45) is 3.74. The second-order valence-electron chi connectivity index (χ2n) is 7.24. The Balaban J connectivity index is 1.75. The molecule has 5 nitrogen and oxygen atoms in total. The molecule has 6 heteroatoms. The number of nitrogens with zero attached hydrogens (tertiary/aromatic N) is 4. The van der Waals surface area contributed by atoms with Crippen LogP contribution in [0.1, 0.15) is 12.8 Å². The van der Waals surface area contributed by atoms with Crippen molar-refractivity contribution in [1.82, 2.24) is 9.88 Å². The van der Waals surface area contributed by atoms with E-state index in [2.05, 4.69) is 21.7 Å². The maximum atomic E-state index is 14.8. The lowest BCUT2D eigenvalue weighted by Gasteiger charge is -2.35. The average molecular weight is 343 g/mol. The summed E-state index contributed by atoms with van der Waals surface area (Å²) in [4.78, 5) is 11.6. The molecule has 0 saturated carbocycles. The van der Waals surface area contributed by atoms with E-state index in [4.69, 9.17) is 10.7 Å². The lowest BCUT2D eigenvalue weighted by Crippen LogP contribution is -2.45. The SMILES string of the molecule is CN1CCN(c2ncc(N3CCC(N)CC3)c3c(F)cccc23)CC1. The fourth-order valence-electron chi connectivity index (χ4n) is 3.88. The lowest BCUT2D eigenvalue weighted by molar-refractivity contribution is 0.312. The van der Waals surface area contributed by atoms with Crippen molar-refractivity contribution >= 4 is 22.3 Å². The number of halogens is 1. The number of aromatic nitrogens is 1. The van der Waals surface area contributed by atoms with Crippen LogP contribution in [-0.2, 0) is 0 Å². The van der Waals surface area contributed by atoms with E-state index in [0.29, 0.717) is 5.39 Å². The van der Waals surface area contributed by atoms with Gasteiger partial charge < -0.3 is 20.4 Å². The summed E-state index contributed by atoms with van der Waals surface area (Å²) < 4.78 is 14.8. The quantitative estimate of drug-likeness (QED) is 0.904. The fourth-order valence-corrected chi connectivity index (χ4v) is 3.88. The Kier molecular flexibility index (Phi) is 4.48. The Morgan fingerprint density at radius 2 is 1.76 bits per heavy atom. The number of benzene rings is 1. The first-order valence-electron chi connectivity index (χ1n) is 9.15. The van der Waals surface area contributed by atoms with E-state index in [1.54, 1.807) is 12.1 Å². The predicted octanol–water partition coefficient (Wildman–Crippen LogP) is 2.05. The summed E-state index contributed by atoms with van der Waals surface area (Å²) in [7, 11) is 2.13. The van der Waals surface area contributed by atoms with Gasteiger partial charge in [0, 0.05) is 56.1 Å². The van der Waals surface area contributed by atoms with E-state index >= 15 is 0 Å². The highest BCUT2D eigenvalue weighted by atomic mass is 19.1. The van der Waals surface area contributed by atoms with Crippen molar-refractivity contribution in [3.8, 4) is 0 Å². The Labute approximate surface area is 148 Å². The molecule has 0 radical (unpaired) electrons. The molecule has 2 saturated heterocycles. The first kappa shape index (κ1) is 16.5. The molecule has 2 N–H and O–H groups in total. The van der Waals surface area contributed by atoms with Crippen LogP contribution < -0.4 is 15.5 Å². The minimum Gasteiger partial charge on any atom is -0.370 e. The Hall–Kier alpha value is -1.92. The molecule has 134 valence electrons. The van der Waals surface area contributed by atoms with E-state index in [1.807, 2.05) is 12.3 Å². The largest absolute Gasteiger partial charge is 0.370 e. The van der Waals surface area contributed by atoms with E-state index in [1.165, 1.54) is 0 Å². The molecule has 2 fully saturated rings. The van der Waals surface area contributed by atoms with Crippen LogP contribution in [0.5, 0.6) is 0 Å². The number of anilines is 2. The second kappa shape index (κ2) is 6.77. The maximum Gasteiger partial charge on any atom is 0.136 e. The van der Waals surface area contributed by atoms with Crippen LogP contribution in [0.25, 0.3) is 10.8 Å². The molecule has 2 aliphatic rings. The Morgan fingerprint density at radius 3 is 2.48 bits per heavy atom. The van der Waals surface area contributed by atoms with Crippen LogP contribution in [0.15, 0.2) is 24.4 Å². The standard InChI is InChI=1S/C19H26FN5/c1-23-9-11-25(12-10-23)19-15-3-2-4-16(20)18(15)17(13-22-19)24-7-5-14(21)6-8-24/h2-4,13-14H,5-12,21H2,1H3. The van der Waals surface area contributed by atoms with Crippen LogP contribution in [0, 0.1) is 5.82 Å². The van der Waals surface area contributed by atoms with Gasteiger partial charge in [-0.05, 0) is 26.0 Å². The van der Waals surface area contributed by atoms with Crippen molar-refractivity contribution < 1.29 is 4.39 Å². The van der Waals surface area contributed by atoms with Crippen molar-refractivity contribution in [3.63, 3.8) is 0 Å².